The van der Waals surface area contributed by atoms with Gasteiger partial charge in [0.1, 0.15) is 11.9 Å². The van der Waals surface area contributed by atoms with E-state index in [0.717, 1.165) is 5.56 Å². The van der Waals surface area contributed by atoms with E-state index >= 15 is 0 Å². The zero-order valence-electron chi connectivity index (χ0n) is 10.2. The highest BCUT2D eigenvalue weighted by molar-refractivity contribution is 6.31. The van der Waals surface area contributed by atoms with Crippen LogP contribution in [0.4, 0.5) is 4.39 Å². The van der Waals surface area contributed by atoms with E-state index in [-0.39, 0.29) is 5.56 Å². The van der Waals surface area contributed by atoms with Crippen LogP contribution in [-0.2, 0) is 6.54 Å². The Morgan fingerprint density at radius 3 is 2.89 bits per heavy atom. The predicted octanol–water partition coefficient (Wildman–Crippen LogP) is 3.09. The van der Waals surface area contributed by atoms with Crippen LogP contribution in [0.3, 0.4) is 0 Å². The zero-order valence-corrected chi connectivity index (χ0v) is 10.9. The quantitative estimate of drug-likeness (QED) is 0.929. The van der Waals surface area contributed by atoms with E-state index in [2.05, 4.69) is 5.10 Å². The molecule has 0 aliphatic carbocycles. The smallest absolute Gasteiger partial charge is 0.129 e. The van der Waals surface area contributed by atoms with Gasteiger partial charge in [-0.2, -0.15) is 5.10 Å². The Labute approximate surface area is 110 Å². The first-order valence-electron chi connectivity index (χ1n) is 5.70. The molecule has 0 saturated carbocycles. The van der Waals surface area contributed by atoms with Gasteiger partial charge in [-0.3, -0.25) is 4.68 Å². The lowest BCUT2D eigenvalue weighted by molar-refractivity contribution is 0.203. The van der Waals surface area contributed by atoms with Gasteiger partial charge in [0.2, 0.25) is 0 Å². The molecule has 5 heteroatoms. The summed E-state index contributed by atoms with van der Waals surface area (Å²) in [6, 6.07) is 4.61. The van der Waals surface area contributed by atoms with Gasteiger partial charge in [0.15, 0.2) is 0 Å². The summed E-state index contributed by atoms with van der Waals surface area (Å²) >= 11 is 5.99. The highest BCUT2D eigenvalue weighted by atomic mass is 35.5. The maximum atomic E-state index is 13.7. The van der Waals surface area contributed by atoms with Gasteiger partial charge in [-0.15, -0.1) is 0 Å². The number of halogens is 2. The number of aliphatic hydroxyl groups is 1. The molecule has 1 atom stereocenters. The Balaban J connectivity index is 2.50. The molecule has 2 rings (SSSR count). The van der Waals surface area contributed by atoms with Gasteiger partial charge in [0.25, 0.3) is 0 Å². The number of hydrogen-bond donors (Lipinski definition) is 1. The average molecular weight is 269 g/mol. The SMILES string of the molecule is CCn1ncc(Cl)c1C(O)c1cc(C)ccc1F. The first-order chi connectivity index (χ1) is 8.54. The Kier molecular flexibility index (Phi) is 3.68. The third-order valence-corrected chi connectivity index (χ3v) is 3.13. The van der Waals surface area contributed by atoms with Crippen molar-refractivity contribution in [3.05, 3.63) is 52.1 Å². The summed E-state index contributed by atoms with van der Waals surface area (Å²) in [6.45, 7) is 4.28. The molecule has 1 aromatic carbocycles. The fraction of sp³-hybridized carbons (Fsp3) is 0.308. The van der Waals surface area contributed by atoms with Crippen molar-refractivity contribution < 1.29 is 9.50 Å². The van der Waals surface area contributed by atoms with E-state index in [1.165, 1.54) is 12.3 Å². The number of aromatic nitrogens is 2. The average Bonchev–Trinajstić information content (AvgIpc) is 2.72. The van der Waals surface area contributed by atoms with E-state index in [0.29, 0.717) is 17.3 Å². The van der Waals surface area contributed by atoms with Crippen LogP contribution in [0.5, 0.6) is 0 Å². The van der Waals surface area contributed by atoms with Crippen molar-refractivity contribution >= 4 is 11.6 Å². The third kappa shape index (κ3) is 2.26. The number of hydrogen-bond acceptors (Lipinski definition) is 2. The summed E-state index contributed by atoms with van der Waals surface area (Å²) in [5.74, 6) is -0.451. The first-order valence-corrected chi connectivity index (χ1v) is 6.07. The largest absolute Gasteiger partial charge is 0.382 e. The normalized spacial score (nSPS) is 12.7. The van der Waals surface area contributed by atoms with Crippen LogP contribution in [0.1, 0.15) is 29.8 Å². The number of aryl methyl sites for hydroxylation is 2. The Morgan fingerprint density at radius 1 is 1.50 bits per heavy atom. The van der Waals surface area contributed by atoms with Crippen molar-refractivity contribution in [2.24, 2.45) is 0 Å². The van der Waals surface area contributed by atoms with E-state index in [1.54, 1.807) is 16.8 Å². The highest BCUT2D eigenvalue weighted by Crippen LogP contribution is 2.30. The molecule has 0 saturated heterocycles. The highest BCUT2D eigenvalue weighted by Gasteiger charge is 2.22. The molecule has 1 heterocycles. The van der Waals surface area contributed by atoms with Crippen molar-refractivity contribution in [1.29, 1.82) is 0 Å². The molecular formula is C13H14ClFN2O. The molecule has 18 heavy (non-hydrogen) atoms. The van der Waals surface area contributed by atoms with E-state index in [4.69, 9.17) is 11.6 Å². The molecule has 0 amide bonds. The van der Waals surface area contributed by atoms with Crippen LogP contribution in [0, 0.1) is 12.7 Å². The molecule has 96 valence electrons. The van der Waals surface area contributed by atoms with Crippen LogP contribution < -0.4 is 0 Å². The Hall–Kier alpha value is -1.39. The maximum absolute atomic E-state index is 13.7. The maximum Gasteiger partial charge on any atom is 0.129 e. The van der Waals surface area contributed by atoms with E-state index in [9.17, 15) is 9.50 Å². The van der Waals surface area contributed by atoms with Crippen molar-refractivity contribution in [2.45, 2.75) is 26.5 Å². The summed E-state index contributed by atoms with van der Waals surface area (Å²) in [4.78, 5) is 0. The van der Waals surface area contributed by atoms with Crippen molar-refractivity contribution in [2.75, 3.05) is 0 Å². The fourth-order valence-electron chi connectivity index (χ4n) is 1.92. The van der Waals surface area contributed by atoms with Gasteiger partial charge < -0.3 is 5.11 Å². The third-order valence-electron chi connectivity index (χ3n) is 2.84. The van der Waals surface area contributed by atoms with Gasteiger partial charge in [-0.05, 0) is 19.9 Å². The molecule has 0 aliphatic heterocycles. The number of aliphatic hydroxyl groups excluding tert-OH is 1. The standard InChI is InChI=1S/C13H14ClFN2O/c1-3-17-12(10(14)7-16-17)13(18)9-6-8(2)4-5-11(9)15/h4-7,13,18H,3H2,1-2H3. The topological polar surface area (TPSA) is 38.0 Å². The molecule has 0 fully saturated rings. The monoisotopic (exact) mass is 268 g/mol. The van der Waals surface area contributed by atoms with E-state index < -0.39 is 11.9 Å². The van der Waals surface area contributed by atoms with Crippen molar-refractivity contribution in [3.63, 3.8) is 0 Å². The molecule has 1 N–H and O–H groups in total. The van der Waals surface area contributed by atoms with Crippen molar-refractivity contribution in [3.8, 4) is 0 Å². The summed E-state index contributed by atoms with van der Waals surface area (Å²) in [7, 11) is 0. The van der Waals surface area contributed by atoms with Crippen LogP contribution in [0.15, 0.2) is 24.4 Å². The molecule has 1 aromatic heterocycles. The Morgan fingerprint density at radius 2 is 2.22 bits per heavy atom. The summed E-state index contributed by atoms with van der Waals surface area (Å²) < 4.78 is 15.3. The molecule has 3 nitrogen and oxygen atoms in total. The lowest BCUT2D eigenvalue weighted by Crippen LogP contribution is -2.11. The molecular weight excluding hydrogens is 255 g/mol. The fourth-order valence-corrected chi connectivity index (χ4v) is 2.16. The lowest BCUT2D eigenvalue weighted by Gasteiger charge is -2.15. The lowest BCUT2D eigenvalue weighted by atomic mass is 10.0. The minimum absolute atomic E-state index is 0.215. The minimum Gasteiger partial charge on any atom is -0.382 e. The Bertz CT molecular complexity index is 568. The molecule has 0 radical (unpaired) electrons. The minimum atomic E-state index is -1.11. The number of nitrogens with zero attached hydrogens (tertiary/aromatic N) is 2. The van der Waals surface area contributed by atoms with E-state index in [1.807, 2.05) is 13.8 Å². The molecule has 0 bridgehead atoms. The first kappa shape index (κ1) is 13.1. The molecule has 0 spiro atoms. The van der Waals surface area contributed by atoms with Crippen LogP contribution in [0.2, 0.25) is 5.02 Å². The summed E-state index contributed by atoms with van der Waals surface area (Å²) in [5.41, 5.74) is 1.51. The van der Waals surface area contributed by atoms with Crippen LogP contribution in [-0.4, -0.2) is 14.9 Å². The number of rotatable bonds is 3. The van der Waals surface area contributed by atoms with Crippen LogP contribution >= 0.6 is 11.6 Å². The van der Waals surface area contributed by atoms with Crippen molar-refractivity contribution in [1.82, 2.24) is 9.78 Å². The second-order valence-corrected chi connectivity index (χ2v) is 4.53. The van der Waals surface area contributed by atoms with Gasteiger partial charge in [-0.1, -0.05) is 29.3 Å². The predicted molar refractivity (Wildman–Crippen MR) is 68.1 cm³/mol. The van der Waals surface area contributed by atoms with Gasteiger partial charge in [-0.25, -0.2) is 4.39 Å². The summed E-state index contributed by atoms with van der Waals surface area (Å²) in [5, 5.41) is 14.7. The second-order valence-electron chi connectivity index (χ2n) is 4.12. The molecule has 0 aliphatic rings. The van der Waals surface area contributed by atoms with Gasteiger partial charge >= 0.3 is 0 Å². The van der Waals surface area contributed by atoms with Gasteiger partial charge in [0.05, 0.1) is 16.9 Å². The molecule has 2 aromatic rings. The second kappa shape index (κ2) is 5.08. The molecule has 1 unspecified atom stereocenters. The zero-order chi connectivity index (χ0) is 13.3. The van der Waals surface area contributed by atoms with Crippen LogP contribution in [0.25, 0.3) is 0 Å². The number of benzene rings is 1. The van der Waals surface area contributed by atoms with Gasteiger partial charge in [0, 0.05) is 12.1 Å². The summed E-state index contributed by atoms with van der Waals surface area (Å²) in [6.07, 6.45) is 0.344.